The summed E-state index contributed by atoms with van der Waals surface area (Å²) >= 11 is 0. The molecule has 1 N–H and O–H groups in total. The lowest BCUT2D eigenvalue weighted by molar-refractivity contribution is 0.358. The molecule has 0 saturated heterocycles. The van der Waals surface area contributed by atoms with Gasteiger partial charge in [0.05, 0.1) is 12.4 Å². The van der Waals surface area contributed by atoms with Crippen LogP contribution in [0.3, 0.4) is 0 Å². The molecule has 0 bridgehead atoms. The van der Waals surface area contributed by atoms with Gasteiger partial charge in [-0.05, 0) is 22.8 Å². The predicted octanol–water partition coefficient (Wildman–Crippen LogP) is 1.37. The Balaban J connectivity index is 2.31. The highest BCUT2D eigenvalue weighted by molar-refractivity contribution is 5.44. The molecule has 6 heteroatoms. The number of anilines is 1. The second-order valence-electron chi connectivity index (χ2n) is 4.97. The van der Waals surface area contributed by atoms with Crippen LogP contribution in [0.1, 0.15) is 27.7 Å². The van der Waals surface area contributed by atoms with Crippen LogP contribution in [0.4, 0.5) is 5.82 Å². The Kier molecular flexibility index (Phi) is 2.49. The largest absolute Gasteiger partial charge is 0.366 e. The van der Waals surface area contributed by atoms with Gasteiger partial charge in [-0.2, -0.15) is 4.52 Å². The van der Waals surface area contributed by atoms with Gasteiger partial charge < -0.3 is 5.32 Å². The van der Waals surface area contributed by atoms with Gasteiger partial charge in [-0.3, -0.25) is 4.98 Å². The highest BCUT2D eigenvalue weighted by Gasteiger charge is 2.20. The minimum atomic E-state index is 0.163. The summed E-state index contributed by atoms with van der Waals surface area (Å²) in [5.41, 5.74) is 0.807. The Morgan fingerprint density at radius 2 is 2.06 bits per heavy atom. The first-order valence-electron chi connectivity index (χ1n) is 5.27. The van der Waals surface area contributed by atoms with E-state index in [0.29, 0.717) is 11.7 Å². The van der Waals surface area contributed by atoms with Crippen molar-refractivity contribution in [2.75, 3.05) is 5.32 Å². The molecule has 0 saturated carbocycles. The average Bonchev–Trinajstić information content (AvgIpc) is 2.65. The van der Waals surface area contributed by atoms with Crippen LogP contribution in [0, 0.1) is 5.41 Å². The Morgan fingerprint density at radius 3 is 2.75 bits per heavy atom. The van der Waals surface area contributed by atoms with E-state index >= 15 is 0 Å². The smallest absolute Gasteiger partial charge is 0.199 e. The van der Waals surface area contributed by atoms with E-state index in [2.05, 4.69) is 53.5 Å². The molecule has 0 aliphatic rings. The van der Waals surface area contributed by atoms with Crippen LogP contribution in [0.2, 0.25) is 0 Å². The van der Waals surface area contributed by atoms with Crippen molar-refractivity contribution in [3.8, 4) is 0 Å². The molecule has 2 rings (SSSR count). The second kappa shape index (κ2) is 3.70. The third-order valence-corrected chi connectivity index (χ3v) is 2.77. The van der Waals surface area contributed by atoms with E-state index in [4.69, 9.17) is 0 Å². The molecule has 0 aromatic carbocycles. The van der Waals surface area contributed by atoms with E-state index in [-0.39, 0.29) is 5.41 Å². The highest BCUT2D eigenvalue weighted by atomic mass is 15.5. The van der Waals surface area contributed by atoms with Gasteiger partial charge >= 0.3 is 0 Å². The van der Waals surface area contributed by atoms with Crippen molar-refractivity contribution >= 4 is 11.5 Å². The summed E-state index contributed by atoms with van der Waals surface area (Å²) in [4.78, 5) is 4.09. The van der Waals surface area contributed by atoms with Gasteiger partial charge in [0.1, 0.15) is 0 Å². The van der Waals surface area contributed by atoms with E-state index in [9.17, 15) is 0 Å². The lowest BCUT2D eigenvalue weighted by Gasteiger charge is -2.28. The molecule has 2 heterocycles. The number of tetrazole rings is 1. The first kappa shape index (κ1) is 10.8. The predicted molar refractivity (Wildman–Crippen MR) is 61.1 cm³/mol. The van der Waals surface area contributed by atoms with E-state index < -0.39 is 0 Å². The highest BCUT2D eigenvalue weighted by Crippen LogP contribution is 2.22. The van der Waals surface area contributed by atoms with Crippen LogP contribution in [0.5, 0.6) is 0 Å². The van der Waals surface area contributed by atoms with E-state index in [1.165, 1.54) is 0 Å². The molecule has 1 unspecified atom stereocenters. The molecule has 2 aromatic rings. The fourth-order valence-electron chi connectivity index (χ4n) is 1.21. The van der Waals surface area contributed by atoms with Crippen LogP contribution < -0.4 is 5.32 Å². The topological polar surface area (TPSA) is 68.0 Å². The van der Waals surface area contributed by atoms with Crippen molar-refractivity contribution in [3.05, 3.63) is 12.4 Å². The zero-order valence-electron chi connectivity index (χ0n) is 9.97. The summed E-state index contributed by atoms with van der Waals surface area (Å²) in [6, 6.07) is 0.295. The van der Waals surface area contributed by atoms with Crippen molar-refractivity contribution in [3.63, 3.8) is 0 Å². The molecule has 6 nitrogen and oxygen atoms in total. The maximum Gasteiger partial charge on any atom is 0.199 e. The molecule has 0 radical (unpaired) electrons. The van der Waals surface area contributed by atoms with Crippen LogP contribution in [0.15, 0.2) is 12.4 Å². The van der Waals surface area contributed by atoms with E-state index in [0.717, 1.165) is 5.82 Å². The molecule has 0 spiro atoms. The lowest BCUT2D eigenvalue weighted by Crippen LogP contribution is -2.31. The van der Waals surface area contributed by atoms with Crippen LogP contribution >= 0.6 is 0 Å². The number of nitrogens with one attached hydrogen (secondary N) is 1. The molecule has 0 aliphatic carbocycles. The maximum atomic E-state index is 4.09. The van der Waals surface area contributed by atoms with Crippen molar-refractivity contribution in [2.45, 2.75) is 33.7 Å². The van der Waals surface area contributed by atoms with Crippen molar-refractivity contribution in [2.24, 2.45) is 5.41 Å². The first-order valence-corrected chi connectivity index (χ1v) is 5.27. The fourth-order valence-corrected chi connectivity index (χ4v) is 1.21. The SMILES string of the molecule is CC(Nc1cncc2nnnn12)C(C)(C)C. The molecule has 0 amide bonds. The summed E-state index contributed by atoms with van der Waals surface area (Å²) < 4.78 is 1.65. The molecular formula is C10H16N6. The van der Waals surface area contributed by atoms with Crippen LogP contribution in [-0.4, -0.2) is 31.1 Å². The Labute approximate surface area is 94.1 Å². The average molecular weight is 220 g/mol. The molecule has 0 aliphatic heterocycles. The zero-order valence-corrected chi connectivity index (χ0v) is 9.97. The summed E-state index contributed by atoms with van der Waals surface area (Å²) in [5, 5.41) is 14.7. The number of fused-ring (bicyclic) bond motifs is 1. The first-order chi connectivity index (χ1) is 7.48. The summed E-state index contributed by atoms with van der Waals surface area (Å²) in [6.45, 7) is 8.66. The zero-order chi connectivity index (χ0) is 11.8. The molecule has 86 valence electrons. The van der Waals surface area contributed by atoms with Gasteiger partial charge in [0.15, 0.2) is 11.5 Å². The molecule has 16 heavy (non-hydrogen) atoms. The number of hydrogen-bond acceptors (Lipinski definition) is 5. The Hall–Kier alpha value is -1.72. The minimum Gasteiger partial charge on any atom is -0.366 e. The minimum absolute atomic E-state index is 0.163. The van der Waals surface area contributed by atoms with Gasteiger partial charge in [-0.15, -0.1) is 5.10 Å². The van der Waals surface area contributed by atoms with E-state index in [1.807, 2.05) is 0 Å². The Morgan fingerprint density at radius 1 is 1.31 bits per heavy atom. The van der Waals surface area contributed by atoms with E-state index in [1.54, 1.807) is 16.9 Å². The lowest BCUT2D eigenvalue weighted by atomic mass is 9.88. The molecule has 1 atom stereocenters. The third-order valence-electron chi connectivity index (χ3n) is 2.77. The Bertz CT molecular complexity index is 483. The van der Waals surface area contributed by atoms with Gasteiger partial charge in [-0.25, -0.2) is 0 Å². The number of nitrogens with zero attached hydrogens (tertiary/aromatic N) is 5. The molecular weight excluding hydrogens is 204 g/mol. The maximum absolute atomic E-state index is 4.09. The van der Waals surface area contributed by atoms with Crippen LogP contribution in [-0.2, 0) is 0 Å². The third kappa shape index (κ3) is 1.95. The van der Waals surface area contributed by atoms with Crippen LogP contribution in [0.25, 0.3) is 5.65 Å². The molecule has 2 aromatic heterocycles. The standard InChI is InChI=1S/C10H16N6/c1-7(10(2,3)4)12-8-5-11-6-9-13-14-15-16(8)9/h5-7,12H,1-4H3. The van der Waals surface area contributed by atoms with Gasteiger partial charge in [0.2, 0.25) is 0 Å². The van der Waals surface area contributed by atoms with Gasteiger partial charge in [0, 0.05) is 6.04 Å². The van der Waals surface area contributed by atoms with Crippen molar-refractivity contribution in [1.82, 2.24) is 25.0 Å². The normalized spacial score (nSPS) is 14.0. The van der Waals surface area contributed by atoms with Crippen molar-refractivity contribution < 1.29 is 0 Å². The number of aromatic nitrogens is 5. The quantitative estimate of drug-likeness (QED) is 0.827. The summed E-state index contributed by atoms with van der Waals surface area (Å²) in [6.07, 6.45) is 3.36. The second-order valence-corrected chi connectivity index (χ2v) is 4.97. The number of hydrogen-bond donors (Lipinski definition) is 1. The van der Waals surface area contributed by atoms with Crippen molar-refractivity contribution in [1.29, 1.82) is 0 Å². The monoisotopic (exact) mass is 220 g/mol. The summed E-state index contributed by atoms with van der Waals surface area (Å²) in [5.74, 6) is 0.810. The number of rotatable bonds is 2. The van der Waals surface area contributed by atoms with Gasteiger partial charge in [0.25, 0.3) is 0 Å². The van der Waals surface area contributed by atoms with Gasteiger partial charge in [-0.1, -0.05) is 20.8 Å². The molecule has 0 fully saturated rings. The summed E-state index contributed by atoms with van der Waals surface area (Å²) in [7, 11) is 0. The fraction of sp³-hybridized carbons (Fsp3) is 0.600.